The quantitative estimate of drug-likeness (QED) is 0.818. The van der Waals surface area contributed by atoms with Crippen molar-refractivity contribution >= 4 is 5.82 Å². The maximum Gasteiger partial charge on any atom is 0.144 e. The molecular formula is C12H17N3. The lowest BCUT2D eigenvalue weighted by Crippen LogP contribution is -2.08. The Kier molecular flexibility index (Phi) is 4.11. The SMILES string of the molecule is Cc1ccnc(NCCC(C)C)c1C#N. The molecule has 0 saturated carbocycles. The molecule has 0 radical (unpaired) electrons. The number of hydrogen-bond acceptors (Lipinski definition) is 3. The van der Waals surface area contributed by atoms with Gasteiger partial charge in [-0.25, -0.2) is 4.98 Å². The van der Waals surface area contributed by atoms with Crippen LogP contribution in [-0.2, 0) is 0 Å². The number of rotatable bonds is 4. The maximum absolute atomic E-state index is 8.98. The highest BCUT2D eigenvalue weighted by molar-refractivity contribution is 5.55. The zero-order chi connectivity index (χ0) is 11.3. The van der Waals surface area contributed by atoms with Crippen LogP contribution in [-0.4, -0.2) is 11.5 Å². The van der Waals surface area contributed by atoms with Gasteiger partial charge in [-0.05, 0) is 30.9 Å². The van der Waals surface area contributed by atoms with Crippen molar-refractivity contribution in [3.8, 4) is 6.07 Å². The molecule has 0 aliphatic heterocycles. The summed E-state index contributed by atoms with van der Waals surface area (Å²) in [5.41, 5.74) is 1.63. The van der Waals surface area contributed by atoms with Crippen molar-refractivity contribution in [2.75, 3.05) is 11.9 Å². The van der Waals surface area contributed by atoms with E-state index in [-0.39, 0.29) is 0 Å². The number of pyridine rings is 1. The van der Waals surface area contributed by atoms with Gasteiger partial charge in [0.25, 0.3) is 0 Å². The van der Waals surface area contributed by atoms with Gasteiger partial charge in [-0.15, -0.1) is 0 Å². The van der Waals surface area contributed by atoms with Crippen LogP contribution >= 0.6 is 0 Å². The van der Waals surface area contributed by atoms with Gasteiger partial charge < -0.3 is 5.32 Å². The smallest absolute Gasteiger partial charge is 0.144 e. The predicted molar refractivity (Wildman–Crippen MR) is 61.6 cm³/mol. The van der Waals surface area contributed by atoms with Gasteiger partial charge in [0.2, 0.25) is 0 Å². The van der Waals surface area contributed by atoms with Gasteiger partial charge >= 0.3 is 0 Å². The van der Waals surface area contributed by atoms with Crippen LogP contribution in [0.2, 0.25) is 0 Å². The van der Waals surface area contributed by atoms with E-state index in [0.717, 1.165) is 18.5 Å². The van der Waals surface area contributed by atoms with E-state index in [9.17, 15) is 0 Å². The van der Waals surface area contributed by atoms with Gasteiger partial charge in [0.05, 0.1) is 5.56 Å². The van der Waals surface area contributed by atoms with E-state index in [1.165, 1.54) is 0 Å². The number of anilines is 1. The van der Waals surface area contributed by atoms with E-state index in [2.05, 4.69) is 30.2 Å². The van der Waals surface area contributed by atoms with Crippen LogP contribution in [0.1, 0.15) is 31.4 Å². The highest BCUT2D eigenvalue weighted by Gasteiger charge is 2.05. The zero-order valence-electron chi connectivity index (χ0n) is 9.54. The summed E-state index contributed by atoms with van der Waals surface area (Å²) < 4.78 is 0. The fourth-order valence-electron chi connectivity index (χ4n) is 1.31. The van der Waals surface area contributed by atoms with Crippen molar-refractivity contribution < 1.29 is 0 Å². The van der Waals surface area contributed by atoms with Gasteiger partial charge in [0.1, 0.15) is 11.9 Å². The van der Waals surface area contributed by atoms with E-state index < -0.39 is 0 Å². The lowest BCUT2D eigenvalue weighted by atomic mass is 10.1. The molecule has 1 heterocycles. The van der Waals surface area contributed by atoms with E-state index in [1.807, 2.05) is 13.0 Å². The number of nitrogens with zero attached hydrogens (tertiary/aromatic N) is 2. The molecule has 0 aromatic carbocycles. The fourth-order valence-corrected chi connectivity index (χ4v) is 1.31. The maximum atomic E-state index is 8.98. The van der Waals surface area contributed by atoms with Crippen molar-refractivity contribution in [2.45, 2.75) is 27.2 Å². The topological polar surface area (TPSA) is 48.7 Å². The Morgan fingerprint density at radius 3 is 2.87 bits per heavy atom. The van der Waals surface area contributed by atoms with Gasteiger partial charge in [-0.1, -0.05) is 13.8 Å². The molecule has 0 amide bonds. The fraction of sp³-hybridized carbons (Fsp3) is 0.500. The lowest BCUT2D eigenvalue weighted by Gasteiger charge is -2.09. The normalized spacial score (nSPS) is 10.1. The molecule has 3 nitrogen and oxygen atoms in total. The lowest BCUT2D eigenvalue weighted by molar-refractivity contribution is 0.606. The van der Waals surface area contributed by atoms with Gasteiger partial charge in [-0.2, -0.15) is 5.26 Å². The van der Waals surface area contributed by atoms with Crippen LogP contribution in [0.25, 0.3) is 0 Å². The second kappa shape index (κ2) is 5.35. The summed E-state index contributed by atoms with van der Waals surface area (Å²) in [4.78, 5) is 4.17. The molecule has 0 bridgehead atoms. The van der Waals surface area contributed by atoms with E-state index >= 15 is 0 Å². The average molecular weight is 203 g/mol. The molecule has 0 aliphatic rings. The van der Waals surface area contributed by atoms with Crippen LogP contribution in [0.4, 0.5) is 5.82 Å². The summed E-state index contributed by atoms with van der Waals surface area (Å²) in [5, 5.41) is 12.2. The Bertz CT molecular complexity index is 364. The highest BCUT2D eigenvalue weighted by Crippen LogP contribution is 2.15. The van der Waals surface area contributed by atoms with Crippen LogP contribution in [0, 0.1) is 24.2 Å². The van der Waals surface area contributed by atoms with E-state index in [0.29, 0.717) is 17.3 Å². The van der Waals surface area contributed by atoms with Crippen LogP contribution < -0.4 is 5.32 Å². The summed E-state index contributed by atoms with van der Waals surface area (Å²) >= 11 is 0. The molecule has 3 heteroatoms. The first-order valence-corrected chi connectivity index (χ1v) is 5.24. The Labute approximate surface area is 91.1 Å². The molecule has 0 aliphatic carbocycles. The predicted octanol–water partition coefficient (Wildman–Crippen LogP) is 2.72. The Morgan fingerprint density at radius 2 is 2.27 bits per heavy atom. The minimum Gasteiger partial charge on any atom is -0.369 e. The highest BCUT2D eigenvalue weighted by atomic mass is 15.0. The molecule has 1 N–H and O–H groups in total. The molecular weight excluding hydrogens is 186 g/mol. The summed E-state index contributed by atoms with van der Waals surface area (Å²) in [6, 6.07) is 4.03. The van der Waals surface area contributed by atoms with Crippen LogP contribution in [0.5, 0.6) is 0 Å². The third-order valence-corrected chi connectivity index (χ3v) is 2.29. The first-order chi connectivity index (χ1) is 7.15. The molecule has 1 aromatic heterocycles. The summed E-state index contributed by atoms with van der Waals surface area (Å²) in [6.07, 6.45) is 2.81. The minimum atomic E-state index is 0.654. The number of nitrogens with one attached hydrogen (secondary N) is 1. The largest absolute Gasteiger partial charge is 0.369 e. The van der Waals surface area contributed by atoms with Crippen molar-refractivity contribution in [3.05, 3.63) is 23.4 Å². The molecule has 1 aromatic rings. The minimum absolute atomic E-state index is 0.654. The first-order valence-electron chi connectivity index (χ1n) is 5.24. The molecule has 0 fully saturated rings. The number of nitriles is 1. The molecule has 0 atom stereocenters. The van der Waals surface area contributed by atoms with Gasteiger partial charge in [-0.3, -0.25) is 0 Å². The third kappa shape index (κ3) is 3.25. The van der Waals surface area contributed by atoms with E-state index in [4.69, 9.17) is 5.26 Å². The molecule has 15 heavy (non-hydrogen) atoms. The van der Waals surface area contributed by atoms with Crippen LogP contribution in [0.15, 0.2) is 12.3 Å². The van der Waals surface area contributed by atoms with Gasteiger partial charge in [0, 0.05) is 12.7 Å². The first kappa shape index (κ1) is 11.5. The summed E-state index contributed by atoms with van der Waals surface area (Å²) in [7, 11) is 0. The van der Waals surface area contributed by atoms with Gasteiger partial charge in [0.15, 0.2) is 0 Å². The van der Waals surface area contributed by atoms with Crippen molar-refractivity contribution in [1.29, 1.82) is 5.26 Å². The number of aryl methyl sites for hydroxylation is 1. The van der Waals surface area contributed by atoms with Crippen molar-refractivity contribution in [1.82, 2.24) is 4.98 Å². The number of aromatic nitrogens is 1. The Balaban J connectivity index is 2.69. The second-order valence-electron chi connectivity index (χ2n) is 4.07. The Hall–Kier alpha value is -1.56. The third-order valence-electron chi connectivity index (χ3n) is 2.29. The van der Waals surface area contributed by atoms with Crippen molar-refractivity contribution in [3.63, 3.8) is 0 Å². The molecule has 0 unspecified atom stereocenters. The van der Waals surface area contributed by atoms with E-state index in [1.54, 1.807) is 6.20 Å². The zero-order valence-corrected chi connectivity index (χ0v) is 9.54. The summed E-state index contributed by atoms with van der Waals surface area (Å²) in [5.74, 6) is 1.37. The second-order valence-corrected chi connectivity index (χ2v) is 4.07. The Morgan fingerprint density at radius 1 is 1.53 bits per heavy atom. The molecule has 0 spiro atoms. The molecule has 0 saturated heterocycles. The summed E-state index contributed by atoms with van der Waals surface area (Å²) in [6.45, 7) is 7.14. The average Bonchev–Trinajstić information content (AvgIpc) is 2.17. The monoisotopic (exact) mass is 203 g/mol. The number of hydrogen-bond donors (Lipinski definition) is 1. The van der Waals surface area contributed by atoms with Crippen molar-refractivity contribution in [2.24, 2.45) is 5.92 Å². The van der Waals surface area contributed by atoms with Crippen LogP contribution in [0.3, 0.4) is 0 Å². The molecule has 80 valence electrons. The standard InChI is InChI=1S/C12H17N3/c1-9(2)4-6-14-12-11(8-13)10(3)5-7-15-12/h5,7,9H,4,6H2,1-3H3,(H,14,15). The molecule has 1 rings (SSSR count).